The van der Waals surface area contributed by atoms with Gasteiger partial charge in [0.1, 0.15) is 4.88 Å². The number of nitrogens with one attached hydrogen (secondary N) is 1. The molecule has 0 saturated carbocycles. The van der Waals surface area contributed by atoms with E-state index in [-0.39, 0.29) is 18.2 Å². The van der Waals surface area contributed by atoms with Crippen LogP contribution in [-0.2, 0) is 22.6 Å². The van der Waals surface area contributed by atoms with Crippen LogP contribution >= 0.6 is 11.3 Å². The quantitative estimate of drug-likeness (QED) is 0.462. The number of thiazole rings is 1. The number of carbonyl (C=O) groups excluding carboxylic acids is 2. The van der Waals surface area contributed by atoms with Gasteiger partial charge in [-0.3, -0.25) is 14.5 Å². The highest BCUT2D eigenvalue weighted by atomic mass is 32.1. The lowest BCUT2D eigenvalue weighted by Gasteiger charge is -2.21. The maximum absolute atomic E-state index is 12.8. The number of aromatic nitrogens is 3. The molecule has 8 nitrogen and oxygen atoms in total. The lowest BCUT2D eigenvalue weighted by atomic mass is 10.1. The van der Waals surface area contributed by atoms with Crippen LogP contribution < -0.4 is 10.2 Å². The fraction of sp³-hybridized carbons (Fsp3) is 0.364. The van der Waals surface area contributed by atoms with Gasteiger partial charge in [0.05, 0.1) is 32.1 Å². The molecular weight excluding hydrogens is 414 g/mol. The van der Waals surface area contributed by atoms with Crippen molar-refractivity contribution in [2.24, 2.45) is 0 Å². The number of aryl methyl sites for hydroxylation is 2. The van der Waals surface area contributed by atoms with Crippen molar-refractivity contribution in [3.8, 4) is 0 Å². The summed E-state index contributed by atoms with van der Waals surface area (Å²) in [5.74, 6) is -0.277. The van der Waals surface area contributed by atoms with Gasteiger partial charge in [-0.05, 0) is 24.5 Å². The van der Waals surface area contributed by atoms with E-state index in [4.69, 9.17) is 4.74 Å². The van der Waals surface area contributed by atoms with Crippen molar-refractivity contribution >= 4 is 28.3 Å². The summed E-state index contributed by atoms with van der Waals surface area (Å²) in [4.78, 5) is 35.8. The zero-order chi connectivity index (χ0) is 22.1. The first-order valence-electron chi connectivity index (χ1n) is 10.1. The third-order valence-electron chi connectivity index (χ3n) is 4.80. The Balaban J connectivity index is 1.64. The standard InChI is InChI=1S/C22H27N5O3S/c1-17-6-3-4-7-18(17)15-27(20(28)8-13-30-2)22-25-14-19(31-22)21(29)24-9-5-11-26-12-10-23-16-26/h3-4,6-7,10,12,14,16H,5,8-9,11,13,15H2,1-2H3,(H,24,29). The Morgan fingerprint density at radius 1 is 1.29 bits per heavy atom. The first kappa shape index (κ1) is 22.6. The largest absolute Gasteiger partial charge is 0.384 e. The van der Waals surface area contributed by atoms with E-state index >= 15 is 0 Å². The normalized spacial score (nSPS) is 10.8. The molecule has 0 saturated heterocycles. The number of anilines is 1. The molecular formula is C22H27N5O3S. The summed E-state index contributed by atoms with van der Waals surface area (Å²) in [6, 6.07) is 7.92. The number of hydrogen-bond donors (Lipinski definition) is 1. The number of carbonyl (C=O) groups is 2. The number of ether oxygens (including phenoxy) is 1. The van der Waals surface area contributed by atoms with E-state index < -0.39 is 0 Å². The molecule has 31 heavy (non-hydrogen) atoms. The maximum atomic E-state index is 12.8. The molecule has 3 aromatic rings. The number of imidazole rings is 1. The summed E-state index contributed by atoms with van der Waals surface area (Å²) in [5.41, 5.74) is 2.13. The van der Waals surface area contributed by atoms with Crippen LogP contribution in [0.2, 0.25) is 0 Å². The Labute approximate surface area is 185 Å². The molecule has 2 aromatic heterocycles. The Bertz CT molecular complexity index is 987. The van der Waals surface area contributed by atoms with Crippen molar-refractivity contribution < 1.29 is 14.3 Å². The molecule has 0 spiro atoms. The van der Waals surface area contributed by atoms with E-state index in [1.54, 1.807) is 24.5 Å². The minimum Gasteiger partial charge on any atom is -0.384 e. The molecule has 3 rings (SSSR count). The van der Waals surface area contributed by atoms with Crippen LogP contribution in [-0.4, -0.2) is 46.6 Å². The van der Waals surface area contributed by atoms with Crippen LogP contribution in [0.25, 0.3) is 0 Å². The number of amides is 2. The van der Waals surface area contributed by atoms with Gasteiger partial charge >= 0.3 is 0 Å². The van der Waals surface area contributed by atoms with Gasteiger partial charge in [-0.25, -0.2) is 9.97 Å². The molecule has 164 valence electrons. The monoisotopic (exact) mass is 441 g/mol. The highest BCUT2D eigenvalue weighted by molar-refractivity contribution is 7.17. The van der Waals surface area contributed by atoms with E-state index in [2.05, 4.69) is 15.3 Å². The summed E-state index contributed by atoms with van der Waals surface area (Å²) in [7, 11) is 1.57. The Morgan fingerprint density at radius 2 is 2.13 bits per heavy atom. The van der Waals surface area contributed by atoms with Gasteiger partial charge in [-0.2, -0.15) is 0 Å². The van der Waals surface area contributed by atoms with Crippen molar-refractivity contribution in [1.82, 2.24) is 19.9 Å². The zero-order valence-corrected chi connectivity index (χ0v) is 18.6. The first-order chi connectivity index (χ1) is 15.1. The van der Waals surface area contributed by atoms with Crippen LogP contribution in [0.4, 0.5) is 5.13 Å². The SMILES string of the molecule is COCCC(=O)N(Cc1ccccc1C)c1ncc(C(=O)NCCCn2ccnc2)s1. The number of rotatable bonds is 11. The van der Waals surface area contributed by atoms with Gasteiger partial charge in [0.25, 0.3) is 5.91 Å². The second-order valence-electron chi connectivity index (χ2n) is 7.07. The van der Waals surface area contributed by atoms with Gasteiger partial charge in [-0.1, -0.05) is 35.6 Å². The van der Waals surface area contributed by atoms with E-state index in [1.807, 2.05) is 42.0 Å². The highest BCUT2D eigenvalue weighted by Gasteiger charge is 2.21. The molecule has 9 heteroatoms. The third kappa shape index (κ3) is 6.47. The molecule has 1 N–H and O–H groups in total. The first-order valence-corrected chi connectivity index (χ1v) is 10.9. The molecule has 0 fully saturated rings. The van der Waals surface area contributed by atoms with Gasteiger partial charge < -0.3 is 14.6 Å². The van der Waals surface area contributed by atoms with Crippen molar-refractivity contribution in [2.75, 3.05) is 25.2 Å². The molecule has 0 aliphatic carbocycles. The van der Waals surface area contributed by atoms with Crippen LogP contribution in [0.5, 0.6) is 0 Å². The lowest BCUT2D eigenvalue weighted by molar-refractivity contribution is -0.119. The van der Waals surface area contributed by atoms with Gasteiger partial charge in [0.15, 0.2) is 5.13 Å². The maximum Gasteiger partial charge on any atom is 0.263 e. The van der Waals surface area contributed by atoms with Crippen molar-refractivity contribution in [3.63, 3.8) is 0 Å². The summed E-state index contributed by atoms with van der Waals surface area (Å²) in [6.45, 7) is 4.07. The summed E-state index contributed by atoms with van der Waals surface area (Å²) in [5, 5.41) is 3.42. The molecule has 0 atom stereocenters. The fourth-order valence-electron chi connectivity index (χ4n) is 3.01. The van der Waals surface area contributed by atoms with E-state index in [9.17, 15) is 9.59 Å². The zero-order valence-electron chi connectivity index (χ0n) is 17.8. The van der Waals surface area contributed by atoms with Crippen molar-refractivity contribution in [1.29, 1.82) is 0 Å². The van der Waals surface area contributed by atoms with Crippen LogP contribution in [0.15, 0.2) is 49.2 Å². The van der Waals surface area contributed by atoms with Crippen LogP contribution in [0.1, 0.15) is 33.6 Å². The van der Waals surface area contributed by atoms with E-state index in [0.29, 0.717) is 29.7 Å². The molecule has 0 bridgehead atoms. The minimum absolute atomic E-state index is 0.0910. The Hall–Kier alpha value is -3.04. The number of hydrogen-bond acceptors (Lipinski definition) is 6. The summed E-state index contributed by atoms with van der Waals surface area (Å²) >= 11 is 1.22. The summed E-state index contributed by atoms with van der Waals surface area (Å²) in [6.07, 6.45) is 7.94. The van der Waals surface area contributed by atoms with E-state index in [0.717, 1.165) is 24.1 Å². The molecule has 0 radical (unpaired) electrons. The molecule has 0 unspecified atom stereocenters. The average molecular weight is 442 g/mol. The topological polar surface area (TPSA) is 89.4 Å². The predicted molar refractivity (Wildman–Crippen MR) is 120 cm³/mol. The summed E-state index contributed by atoms with van der Waals surface area (Å²) < 4.78 is 7.03. The third-order valence-corrected chi connectivity index (χ3v) is 5.82. The number of nitrogens with zero attached hydrogens (tertiary/aromatic N) is 4. The number of benzene rings is 1. The minimum atomic E-state index is -0.186. The Kier molecular flexibility index (Phi) is 8.31. The van der Waals surface area contributed by atoms with Gasteiger partial charge in [-0.15, -0.1) is 0 Å². The average Bonchev–Trinajstić information content (AvgIpc) is 3.46. The predicted octanol–water partition coefficient (Wildman–Crippen LogP) is 3.04. The highest BCUT2D eigenvalue weighted by Crippen LogP contribution is 2.26. The smallest absolute Gasteiger partial charge is 0.263 e. The van der Waals surface area contributed by atoms with Gasteiger partial charge in [0.2, 0.25) is 5.91 Å². The number of methoxy groups -OCH3 is 1. The second-order valence-corrected chi connectivity index (χ2v) is 8.08. The van der Waals surface area contributed by atoms with Crippen LogP contribution in [0.3, 0.4) is 0 Å². The molecule has 2 amide bonds. The fourth-order valence-corrected chi connectivity index (χ4v) is 3.86. The molecule has 2 heterocycles. The molecule has 0 aliphatic rings. The molecule has 0 aliphatic heterocycles. The van der Waals surface area contributed by atoms with E-state index in [1.165, 1.54) is 17.5 Å². The van der Waals surface area contributed by atoms with Crippen molar-refractivity contribution in [2.45, 2.75) is 32.9 Å². The van der Waals surface area contributed by atoms with Crippen molar-refractivity contribution in [3.05, 3.63) is 65.2 Å². The second kappa shape index (κ2) is 11.4. The lowest BCUT2D eigenvalue weighted by Crippen LogP contribution is -2.31. The molecule has 1 aromatic carbocycles. The Morgan fingerprint density at radius 3 is 2.87 bits per heavy atom. The van der Waals surface area contributed by atoms with Gasteiger partial charge in [0, 0.05) is 32.6 Å². The van der Waals surface area contributed by atoms with Crippen LogP contribution in [0, 0.1) is 6.92 Å².